The zero-order chi connectivity index (χ0) is 12.6. The van der Waals surface area contributed by atoms with Crippen molar-refractivity contribution < 1.29 is 24.6 Å². The maximum absolute atomic E-state index is 11.4. The van der Waals surface area contributed by atoms with Gasteiger partial charge in [-0.1, -0.05) is 6.92 Å². The molecule has 0 saturated carbocycles. The van der Waals surface area contributed by atoms with E-state index >= 15 is 0 Å². The van der Waals surface area contributed by atoms with Crippen molar-refractivity contribution in [2.75, 3.05) is 13.1 Å². The minimum Gasteiger partial charge on any atom is -0.481 e. The number of rotatable bonds is 7. The van der Waals surface area contributed by atoms with Gasteiger partial charge in [-0.2, -0.15) is 0 Å². The molecule has 0 saturated heterocycles. The predicted molar refractivity (Wildman–Crippen MR) is 55.9 cm³/mol. The molecule has 0 heterocycles. The van der Waals surface area contributed by atoms with Gasteiger partial charge in [-0.3, -0.25) is 9.59 Å². The number of aliphatic carboxylic acids is 2. The number of hydrogen-bond donors (Lipinski definition) is 2. The summed E-state index contributed by atoms with van der Waals surface area (Å²) in [4.78, 5) is 33.3. The van der Waals surface area contributed by atoms with E-state index in [2.05, 4.69) is 0 Å². The minimum atomic E-state index is -1.21. The van der Waals surface area contributed by atoms with Crippen molar-refractivity contribution in [2.45, 2.75) is 19.8 Å². The second-order valence-corrected chi connectivity index (χ2v) is 3.14. The second kappa shape index (κ2) is 7.44. The molecule has 0 rings (SSSR count). The lowest BCUT2D eigenvalue weighted by atomic mass is 10.3. The van der Waals surface area contributed by atoms with Crippen LogP contribution in [0.25, 0.3) is 0 Å². The third-order valence-corrected chi connectivity index (χ3v) is 1.77. The average molecular weight is 229 g/mol. The van der Waals surface area contributed by atoms with Crippen LogP contribution in [0, 0.1) is 0 Å². The normalized spacial score (nSPS) is 10.3. The van der Waals surface area contributed by atoms with Gasteiger partial charge in [-0.15, -0.1) is 0 Å². The van der Waals surface area contributed by atoms with Gasteiger partial charge in [0.15, 0.2) is 0 Å². The molecule has 0 radical (unpaired) electrons. The Morgan fingerprint density at radius 2 is 1.75 bits per heavy atom. The zero-order valence-electron chi connectivity index (χ0n) is 9.05. The molecule has 0 fully saturated rings. The summed E-state index contributed by atoms with van der Waals surface area (Å²) in [5, 5.41) is 16.8. The van der Waals surface area contributed by atoms with Gasteiger partial charge in [0.25, 0.3) is 0 Å². The molecule has 16 heavy (non-hydrogen) atoms. The standard InChI is InChI=1S/C10H15NO5/c1-2-6-11(7-5-10(15)16)8(12)3-4-9(13)14/h3-4H,2,5-7H2,1H3,(H,13,14)(H,15,16)/b4-3+. The second-order valence-electron chi connectivity index (χ2n) is 3.14. The summed E-state index contributed by atoms with van der Waals surface area (Å²) in [7, 11) is 0. The number of carboxylic acids is 2. The Morgan fingerprint density at radius 3 is 2.19 bits per heavy atom. The van der Waals surface area contributed by atoms with Crippen LogP contribution in [-0.4, -0.2) is 46.0 Å². The third-order valence-electron chi connectivity index (χ3n) is 1.77. The monoisotopic (exact) mass is 229 g/mol. The van der Waals surface area contributed by atoms with Crippen molar-refractivity contribution in [1.29, 1.82) is 0 Å². The molecule has 90 valence electrons. The Morgan fingerprint density at radius 1 is 1.12 bits per heavy atom. The van der Waals surface area contributed by atoms with E-state index in [1.165, 1.54) is 4.90 Å². The van der Waals surface area contributed by atoms with Crippen LogP contribution >= 0.6 is 0 Å². The molecular weight excluding hydrogens is 214 g/mol. The third kappa shape index (κ3) is 6.58. The van der Waals surface area contributed by atoms with Crippen molar-refractivity contribution >= 4 is 17.8 Å². The molecule has 2 N–H and O–H groups in total. The van der Waals surface area contributed by atoms with Crippen molar-refractivity contribution in [3.05, 3.63) is 12.2 Å². The Kier molecular flexibility index (Phi) is 6.58. The number of hydrogen-bond acceptors (Lipinski definition) is 3. The minimum absolute atomic E-state index is 0.0893. The van der Waals surface area contributed by atoms with Crippen LogP contribution in [0.4, 0.5) is 0 Å². The van der Waals surface area contributed by atoms with E-state index in [1.54, 1.807) is 0 Å². The molecule has 0 atom stereocenters. The Hall–Kier alpha value is -1.85. The highest BCUT2D eigenvalue weighted by Gasteiger charge is 2.11. The Balaban J connectivity index is 4.33. The molecule has 0 aromatic heterocycles. The fourth-order valence-corrected chi connectivity index (χ4v) is 1.08. The maximum atomic E-state index is 11.4. The molecule has 0 aliphatic carbocycles. The highest BCUT2D eigenvalue weighted by Crippen LogP contribution is 1.97. The van der Waals surface area contributed by atoms with Gasteiger partial charge in [0.2, 0.25) is 5.91 Å². The molecule has 0 aliphatic rings. The van der Waals surface area contributed by atoms with Gasteiger partial charge >= 0.3 is 11.9 Å². The van der Waals surface area contributed by atoms with Crippen molar-refractivity contribution in [3.63, 3.8) is 0 Å². The van der Waals surface area contributed by atoms with Gasteiger partial charge in [0.05, 0.1) is 6.42 Å². The first-order valence-electron chi connectivity index (χ1n) is 4.89. The number of carboxylic acid groups (broad SMARTS) is 2. The van der Waals surface area contributed by atoms with E-state index in [1.807, 2.05) is 6.92 Å². The highest BCUT2D eigenvalue weighted by molar-refractivity contribution is 5.94. The zero-order valence-corrected chi connectivity index (χ0v) is 9.05. The predicted octanol–water partition coefficient (Wildman–Crippen LogP) is 0.341. The van der Waals surface area contributed by atoms with E-state index in [0.29, 0.717) is 13.0 Å². The highest BCUT2D eigenvalue weighted by atomic mass is 16.4. The maximum Gasteiger partial charge on any atom is 0.328 e. The van der Waals surface area contributed by atoms with E-state index in [-0.39, 0.29) is 13.0 Å². The van der Waals surface area contributed by atoms with Gasteiger partial charge < -0.3 is 15.1 Å². The number of carbonyl (C=O) groups is 3. The summed E-state index contributed by atoms with van der Waals surface area (Å²) in [6, 6.07) is 0. The molecule has 0 aromatic rings. The summed E-state index contributed by atoms with van der Waals surface area (Å²) in [6.45, 7) is 2.35. The van der Waals surface area contributed by atoms with Gasteiger partial charge in [0, 0.05) is 25.2 Å². The average Bonchev–Trinajstić information content (AvgIpc) is 2.20. The van der Waals surface area contributed by atoms with E-state index in [4.69, 9.17) is 10.2 Å². The molecule has 0 spiro atoms. The molecule has 1 amide bonds. The topological polar surface area (TPSA) is 94.9 Å². The van der Waals surface area contributed by atoms with E-state index in [9.17, 15) is 14.4 Å². The molecule has 0 aromatic carbocycles. The summed E-state index contributed by atoms with van der Waals surface area (Å²) in [5.74, 6) is -2.68. The summed E-state index contributed by atoms with van der Waals surface area (Å²) in [5.41, 5.74) is 0. The first-order chi connectivity index (χ1) is 7.47. The Bertz CT molecular complexity index is 298. The van der Waals surface area contributed by atoms with Crippen molar-refractivity contribution in [2.24, 2.45) is 0 Å². The van der Waals surface area contributed by atoms with E-state index < -0.39 is 17.8 Å². The first kappa shape index (κ1) is 14.2. The quantitative estimate of drug-likeness (QED) is 0.614. The number of amides is 1. The van der Waals surface area contributed by atoms with Crippen LogP contribution in [0.3, 0.4) is 0 Å². The van der Waals surface area contributed by atoms with E-state index in [0.717, 1.165) is 12.2 Å². The lowest BCUT2D eigenvalue weighted by Crippen LogP contribution is -2.32. The van der Waals surface area contributed by atoms with Gasteiger partial charge in [0.1, 0.15) is 0 Å². The summed E-state index contributed by atoms with van der Waals surface area (Å²) in [6.07, 6.45) is 2.21. The molecule has 0 aliphatic heterocycles. The molecule has 0 unspecified atom stereocenters. The van der Waals surface area contributed by atoms with Crippen LogP contribution in [-0.2, 0) is 14.4 Å². The van der Waals surface area contributed by atoms with Gasteiger partial charge in [-0.05, 0) is 6.42 Å². The van der Waals surface area contributed by atoms with Crippen molar-refractivity contribution in [1.82, 2.24) is 4.90 Å². The van der Waals surface area contributed by atoms with Crippen LogP contribution in [0.1, 0.15) is 19.8 Å². The molecule has 0 bridgehead atoms. The molecule has 6 heteroatoms. The fourth-order valence-electron chi connectivity index (χ4n) is 1.08. The molecule has 6 nitrogen and oxygen atoms in total. The largest absolute Gasteiger partial charge is 0.481 e. The fraction of sp³-hybridized carbons (Fsp3) is 0.500. The summed E-state index contributed by atoms with van der Waals surface area (Å²) < 4.78 is 0. The smallest absolute Gasteiger partial charge is 0.328 e. The first-order valence-corrected chi connectivity index (χ1v) is 4.89. The van der Waals surface area contributed by atoms with Crippen LogP contribution in [0.2, 0.25) is 0 Å². The van der Waals surface area contributed by atoms with Crippen molar-refractivity contribution in [3.8, 4) is 0 Å². The number of nitrogens with zero attached hydrogens (tertiary/aromatic N) is 1. The Labute approximate surface area is 93.2 Å². The van der Waals surface area contributed by atoms with Gasteiger partial charge in [-0.25, -0.2) is 4.79 Å². The summed E-state index contributed by atoms with van der Waals surface area (Å²) >= 11 is 0. The van der Waals surface area contributed by atoms with Crippen LogP contribution in [0.15, 0.2) is 12.2 Å². The lowest BCUT2D eigenvalue weighted by Gasteiger charge is -2.19. The lowest BCUT2D eigenvalue weighted by molar-refractivity contribution is -0.138. The van der Waals surface area contributed by atoms with Crippen LogP contribution < -0.4 is 0 Å². The SMILES string of the molecule is CCCN(CCC(=O)O)C(=O)/C=C/C(=O)O. The number of carbonyl (C=O) groups excluding carboxylic acids is 1. The molecular formula is C10H15NO5. The van der Waals surface area contributed by atoms with Crippen LogP contribution in [0.5, 0.6) is 0 Å².